The zero-order valence-corrected chi connectivity index (χ0v) is 23.2. The fraction of sp³-hybridized carbons (Fsp3) is 0.516. The van der Waals surface area contributed by atoms with Crippen LogP contribution in [-0.2, 0) is 19.8 Å². The minimum absolute atomic E-state index is 0.0524. The lowest BCUT2D eigenvalue weighted by Crippen LogP contribution is -2.59. The molecule has 2 aromatic rings. The second kappa shape index (κ2) is 11.7. The lowest BCUT2D eigenvalue weighted by atomic mass is 9.75. The molecule has 3 amide bonds. The van der Waals surface area contributed by atoms with Gasteiger partial charge in [0.1, 0.15) is 6.04 Å². The third-order valence-corrected chi connectivity index (χ3v) is 8.66. The Balaban J connectivity index is 1.57. The van der Waals surface area contributed by atoms with Crippen molar-refractivity contribution in [3.05, 3.63) is 71.8 Å². The van der Waals surface area contributed by atoms with Crippen molar-refractivity contribution in [3.8, 4) is 0 Å². The summed E-state index contributed by atoms with van der Waals surface area (Å²) in [5, 5.41) is 9.29. The lowest BCUT2D eigenvalue weighted by Gasteiger charge is -2.36. The third-order valence-electron chi connectivity index (χ3n) is 8.66. The van der Waals surface area contributed by atoms with Crippen LogP contribution in [0, 0.1) is 11.8 Å². The quantitative estimate of drug-likeness (QED) is 0.475. The van der Waals surface area contributed by atoms with Crippen LogP contribution < -0.4 is 16.0 Å². The van der Waals surface area contributed by atoms with Crippen molar-refractivity contribution in [2.75, 3.05) is 13.6 Å². The summed E-state index contributed by atoms with van der Waals surface area (Å²) < 4.78 is 0. The van der Waals surface area contributed by atoms with Crippen LogP contribution in [0.4, 0.5) is 0 Å². The number of benzene rings is 2. The van der Waals surface area contributed by atoms with E-state index in [1.807, 2.05) is 86.3 Å². The number of likely N-dealkylation sites (tertiary alicyclic amines) is 1. The molecule has 1 aliphatic carbocycles. The number of amides is 3. The molecule has 0 radical (unpaired) electrons. The van der Waals surface area contributed by atoms with Crippen LogP contribution >= 0.6 is 0 Å². The van der Waals surface area contributed by atoms with E-state index in [2.05, 4.69) is 16.0 Å². The fourth-order valence-corrected chi connectivity index (χ4v) is 6.11. The maximum Gasteiger partial charge on any atom is 0.245 e. The van der Waals surface area contributed by atoms with Gasteiger partial charge < -0.3 is 20.9 Å². The first-order valence-corrected chi connectivity index (χ1v) is 13.9. The van der Waals surface area contributed by atoms with Crippen LogP contribution in [0.15, 0.2) is 60.7 Å². The Morgan fingerprint density at radius 1 is 0.895 bits per heavy atom. The average Bonchev–Trinajstić information content (AvgIpc) is 3.54. The van der Waals surface area contributed by atoms with Crippen molar-refractivity contribution in [2.24, 2.45) is 11.8 Å². The topological polar surface area (TPSA) is 90.5 Å². The molecule has 2 aromatic carbocycles. The van der Waals surface area contributed by atoms with Crippen LogP contribution in [0.5, 0.6) is 0 Å². The summed E-state index contributed by atoms with van der Waals surface area (Å²) in [4.78, 5) is 42.5. The van der Waals surface area contributed by atoms with Gasteiger partial charge in [0.25, 0.3) is 0 Å². The first-order chi connectivity index (χ1) is 18.2. The highest BCUT2D eigenvalue weighted by Gasteiger charge is 2.49. The van der Waals surface area contributed by atoms with Crippen LogP contribution in [0.3, 0.4) is 0 Å². The summed E-state index contributed by atoms with van der Waals surface area (Å²) in [7, 11) is 1.73. The van der Waals surface area contributed by atoms with Crippen LogP contribution in [0.25, 0.3) is 0 Å². The summed E-state index contributed by atoms with van der Waals surface area (Å²) in [5.41, 5.74) is 0.990. The highest BCUT2D eigenvalue weighted by Crippen LogP contribution is 2.40. The summed E-state index contributed by atoms with van der Waals surface area (Å²) >= 11 is 0. The predicted molar refractivity (Wildman–Crippen MR) is 149 cm³/mol. The Kier molecular flexibility index (Phi) is 8.56. The van der Waals surface area contributed by atoms with Gasteiger partial charge in [-0.2, -0.15) is 0 Å². The maximum absolute atomic E-state index is 14.1. The van der Waals surface area contributed by atoms with Gasteiger partial charge in [0.15, 0.2) is 0 Å². The molecule has 204 valence electrons. The third kappa shape index (κ3) is 5.35. The molecule has 7 nitrogen and oxygen atoms in total. The first kappa shape index (κ1) is 27.8. The van der Waals surface area contributed by atoms with Crippen molar-refractivity contribution in [1.82, 2.24) is 20.9 Å². The van der Waals surface area contributed by atoms with E-state index in [9.17, 15) is 14.4 Å². The number of likely N-dealkylation sites (N-methyl/N-ethyl adjacent to an activating group) is 1. The van der Waals surface area contributed by atoms with Crippen molar-refractivity contribution in [3.63, 3.8) is 0 Å². The average molecular weight is 519 g/mol. The molecule has 0 spiro atoms. The van der Waals surface area contributed by atoms with E-state index < -0.39 is 11.5 Å². The molecule has 3 unspecified atom stereocenters. The Morgan fingerprint density at radius 2 is 1.47 bits per heavy atom. The van der Waals surface area contributed by atoms with E-state index in [0.717, 1.165) is 30.4 Å². The largest absolute Gasteiger partial charge is 0.350 e. The molecule has 0 bridgehead atoms. The standard InChI is InChI=1S/C31H42N4O3/c1-20(2)26(34-28(36)21(3)32-5)29(37)35-19-18-22-16-17-25(27(22)35)33-30(38)31(4,23-12-8-6-9-13-23)24-14-10-7-11-15-24/h6-15,20-22,25-27,32H,16-19H2,1-5H3,(H,33,38)(H,34,36)/t21-,22?,25?,26-,27?/m0/s1. The molecule has 1 aliphatic heterocycles. The van der Waals surface area contributed by atoms with E-state index >= 15 is 0 Å². The molecular formula is C31H42N4O3. The molecule has 1 saturated carbocycles. The van der Waals surface area contributed by atoms with Gasteiger partial charge in [-0.15, -0.1) is 0 Å². The first-order valence-electron chi connectivity index (χ1n) is 13.9. The van der Waals surface area contributed by atoms with Crippen molar-refractivity contribution < 1.29 is 14.4 Å². The van der Waals surface area contributed by atoms with E-state index in [1.165, 1.54) is 0 Å². The summed E-state index contributed by atoms with van der Waals surface area (Å²) in [5.74, 6) is -0.00388. The molecule has 4 rings (SSSR count). The molecule has 5 atom stereocenters. The normalized spacial score (nSPS) is 22.6. The maximum atomic E-state index is 14.1. The van der Waals surface area contributed by atoms with Crippen LogP contribution in [-0.4, -0.2) is 60.4 Å². The number of nitrogens with zero attached hydrogens (tertiary/aromatic N) is 1. The molecule has 2 aliphatic rings. The number of fused-ring (bicyclic) bond motifs is 1. The SMILES string of the molecule is CN[C@@H](C)C(=O)N[C@H](C(=O)N1CCC2CCC(NC(=O)C(C)(c3ccccc3)c3ccccc3)C21)C(C)C. The summed E-state index contributed by atoms with van der Waals surface area (Å²) in [6.45, 7) is 8.32. The number of hydrogen-bond donors (Lipinski definition) is 3. The second-order valence-electron chi connectivity index (χ2n) is 11.3. The smallest absolute Gasteiger partial charge is 0.245 e. The summed E-state index contributed by atoms with van der Waals surface area (Å²) in [6.07, 6.45) is 2.73. The number of carbonyl (C=O) groups excluding carboxylic acids is 3. The Hall–Kier alpha value is -3.19. The van der Waals surface area contributed by atoms with Gasteiger partial charge in [-0.05, 0) is 63.1 Å². The Morgan fingerprint density at radius 3 is 2.00 bits per heavy atom. The highest BCUT2D eigenvalue weighted by atomic mass is 16.2. The minimum atomic E-state index is -0.869. The van der Waals surface area contributed by atoms with Gasteiger partial charge in [-0.3, -0.25) is 14.4 Å². The van der Waals surface area contributed by atoms with Gasteiger partial charge in [0.2, 0.25) is 17.7 Å². The molecule has 1 heterocycles. The van der Waals surface area contributed by atoms with E-state index in [0.29, 0.717) is 12.5 Å². The summed E-state index contributed by atoms with van der Waals surface area (Å²) in [6, 6.07) is 18.6. The van der Waals surface area contributed by atoms with Crippen molar-refractivity contribution in [2.45, 2.75) is 76.5 Å². The van der Waals surface area contributed by atoms with Crippen LogP contribution in [0.2, 0.25) is 0 Å². The van der Waals surface area contributed by atoms with E-state index in [1.54, 1.807) is 14.0 Å². The number of carbonyl (C=O) groups is 3. The Labute approximate surface area is 226 Å². The lowest BCUT2D eigenvalue weighted by molar-refractivity contribution is -0.139. The number of rotatable bonds is 9. The number of hydrogen-bond acceptors (Lipinski definition) is 4. The fourth-order valence-electron chi connectivity index (χ4n) is 6.11. The monoisotopic (exact) mass is 518 g/mol. The second-order valence-corrected chi connectivity index (χ2v) is 11.3. The highest BCUT2D eigenvalue weighted by molar-refractivity contribution is 5.92. The zero-order chi connectivity index (χ0) is 27.4. The molecule has 2 fully saturated rings. The molecule has 38 heavy (non-hydrogen) atoms. The Bertz CT molecular complexity index is 1080. The van der Waals surface area contributed by atoms with Gasteiger partial charge in [-0.1, -0.05) is 74.5 Å². The van der Waals surface area contributed by atoms with Gasteiger partial charge in [-0.25, -0.2) is 0 Å². The van der Waals surface area contributed by atoms with Crippen molar-refractivity contribution in [1.29, 1.82) is 0 Å². The minimum Gasteiger partial charge on any atom is -0.350 e. The van der Waals surface area contributed by atoms with Crippen LogP contribution in [0.1, 0.15) is 58.1 Å². The van der Waals surface area contributed by atoms with Gasteiger partial charge >= 0.3 is 0 Å². The molecule has 1 saturated heterocycles. The number of nitrogens with one attached hydrogen (secondary N) is 3. The predicted octanol–water partition coefficient (Wildman–Crippen LogP) is 3.24. The van der Waals surface area contributed by atoms with Crippen molar-refractivity contribution >= 4 is 17.7 Å². The molecule has 0 aromatic heterocycles. The van der Waals surface area contributed by atoms with E-state index in [4.69, 9.17) is 0 Å². The molecular weight excluding hydrogens is 476 g/mol. The zero-order valence-electron chi connectivity index (χ0n) is 23.2. The molecule has 3 N–H and O–H groups in total. The van der Waals surface area contributed by atoms with Gasteiger partial charge in [0.05, 0.1) is 17.5 Å². The molecule has 7 heteroatoms. The van der Waals surface area contributed by atoms with Gasteiger partial charge in [0, 0.05) is 12.6 Å². The van der Waals surface area contributed by atoms with E-state index in [-0.39, 0.29) is 41.8 Å².